The molecule has 0 aliphatic carbocycles. The van der Waals surface area contributed by atoms with Gasteiger partial charge in [-0.25, -0.2) is 4.98 Å². The minimum Gasteiger partial charge on any atom is -0.445 e. The Balaban J connectivity index is 2.21. The van der Waals surface area contributed by atoms with E-state index in [0.29, 0.717) is 32.2 Å². The molecule has 0 radical (unpaired) electrons. The molecule has 0 fully saturated rings. The maximum Gasteiger partial charge on any atom is 0.208 e. The molecule has 0 saturated heterocycles. The quantitative estimate of drug-likeness (QED) is 0.683. The van der Waals surface area contributed by atoms with Crippen LogP contribution in [0.15, 0.2) is 10.6 Å². The van der Waals surface area contributed by atoms with Crippen LogP contribution in [0.25, 0.3) is 0 Å². The zero-order chi connectivity index (χ0) is 11.8. The molecule has 1 aromatic heterocycles. The van der Waals surface area contributed by atoms with Crippen molar-refractivity contribution >= 4 is 0 Å². The monoisotopic (exact) mass is 228 g/mol. The molecule has 1 heterocycles. The van der Waals surface area contributed by atoms with Crippen LogP contribution in [0.3, 0.4) is 0 Å². The third-order valence-electron chi connectivity index (χ3n) is 1.96. The molecular formula is C11H20N2O3. The Morgan fingerprint density at radius 2 is 2.06 bits per heavy atom. The van der Waals surface area contributed by atoms with Crippen molar-refractivity contribution in [2.24, 2.45) is 0 Å². The molecule has 0 aliphatic rings. The summed E-state index contributed by atoms with van der Waals surface area (Å²) in [5.74, 6) is 1.51. The third kappa shape index (κ3) is 4.74. The number of rotatable bonds is 8. The van der Waals surface area contributed by atoms with Crippen molar-refractivity contribution in [2.75, 3.05) is 19.8 Å². The molecule has 1 rings (SSSR count). The van der Waals surface area contributed by atoms with Gasteiger partial charge in [0.05, 0.1) is 12.7 Å². The zero-order valence-corrected chi connectivity index (χ0v) is 10.2. The van der Waals surface area contributed by atoms with Crippen molar-refractivity contribution in [2.45, 2.75) is 33.6 Å². The maximum atomic E-state index is 5.39. The van der Waals surface area contributed by atoms with Gasteiger partial charge in [-0.1, -0.05) is 0 Å². The second kappa shape index (κ2) is 7.38. The van der Waals surface area contributed by atoms with Gasteiger partial charge in [0.1, 0.15) is 5.76 Å². The van der Waals surface area contributed by atoms with Gasteiger partial charge in [-0.2, -0.15) is 0 Å². The van der Waals surface area contributed by atoms with E-state index in [1.807, 2.05) is 20.8 Å². The molecule has 1 N–H and O–H groups in total. The Bertz CT molecular complexity index is 283. The highest BCUT2D eigenvalue weighted by Crippen LogP contribution is 2.01. The van der Waals surface area contributed by atoms with Gasteiger partial charge in [0.15, 0.2) is 6.29 Å². The fraction of sp³-hybridized carbons (Fsp3) is 0.727. The van der Waals surface area contributed by atoms with Crippen molar-refractivity contribution in [1.29, 1.82) is 0 Å². The molecule has 5 heteroatoms. The molecule has 0 aromatic carbocycles. The summed E-state index contributed by atoms with van der Waals surface area (Å²) in [6.07, 6.45) is 1.51. The Labute approximate surface area is 96.1 Å². The summed E-state index contributed by atoms with van der Waals surface area (Å²) in [4.78, 5) is 4.09. The Morgan fingerprint density at radius 1 is 1.38 bits per heavy atom. The van der Waals surface area contributed by atoms with Crippen molar-refractivity contribution < 1.29 is 13.9 Å². The summed E-state index contributed by atoms with van der Waals surface area (Å²) in [7, 11) is 0. The van der Waals surface area contributed by atoms with Gasteiger partial charge >= 0.3 is 0 Å². The number of hydrogen-bond donors (Lipinski definition) is 1. The Hall–Kier alpha value is -0.910. The first kappa shape index (κ1) is 13.2. The van der Waals surface area contributed by atoms with Crippen LogP contribution in [0, 0.1) is 6.92 Å². The predicted octanol–water partition coefficient (Wildman–Crippen LogP) is 1.47. The topological polar surface area (TPSA) is 56.5 Å². The lowest BCUT2D eigenvalue weighted by Gasteiger charge is -2.16. The molecule has 0 aliphatic heterocycles. The number of hydrogen-bond acceptors (Lipinski definition) is 5. The standard InChI is InChI=1S/C11H20N2O3/c1-4-14-11(15-5-2)8-12-7-10-13-6-9(3)16-10/h6,11-12H,4-5,7-8H2,1-3H3. The first-order chi connectivity index (χ1) is 7.76. The molecule has 0 spiro atoms. The number of nitrogens with one attached hydrogen (secondary N) is 1. The van der Waals surface area contributed by atoms with Crippen molar-refractivity contribution in [3.8, 4) is 0 Å². The smallest absolute Gasteiger partial charge is 0.208 e. The molecule has 0 saturated carbocycles. The van der Waals surface area contributed by atoms with Crippen LogP contribution in [0.2, 0.25) is 0 Å². The van der Waals surface area contributed by atoms with E-state index in [1.54, 1.807) is 6.20 Å². The van der Waals surface area contributed by atoms with E-state index in [0.717, 1.165) is 5.76 Å². The first-order valence-electron chi connectivity index (χ1n) is 5.61. The molecule has 16 heavy (non-hydrogen) atoms. The highest BCUT2D eigenvalue weighted by molar-refractivity contribution is 4.90. The SMILES string of the molecule is CCOC(CNCc1ncc(C)o1)OCC. The minimum atomic E-state index is -0.203. The maximum absolute atomic E-state index is 5.39. The van der Waals surface area contributed by atoms with Gasteiger partial charge in [-0.05, 0) is 20.8 Å². The number of nitrogens with zero attached hydrogens (tertiary/aromatic N) is 1. The Morgan fingerprint density at radius 3 is 2.56 bits per heavy atom. The van der Waals surface area contributed by atoms with E-state index in [1.165, 1.54) is 0 Å². The van der Waals surface area contributed by atoms with E-state index in [4.69, 9.17) is 13.9 Å². The van der Waals surface area contributed by atoms with Crippen LogP contribution in [-0.2, 0) is 16.0 Å². The Kier molecular flexibility index (Phi) is 6.07. The molecule has 1 aromatic rings. The van der Waals surface area contributed by atoms with Crippen LogP contribution in [-0.4, -0.2) is 31.0 Å². The van der Waals surface area contributed by atoms with E-state index in [2.05, 4.69) is 10.3 Å². The lowest BCUT2D eigenvalue weighted by molar-refractivity contribution is -0.133. The fourth-order valence-corrected chi connectivity index (χ4v) is 1.32. The lowest BCUT2D eigenvalue weighted by Crippen LogP contribution is -2.31. The van der Waals surface area contributed by atoms with Crippen LogP contribution < -0.4 is 5.32 Å². The highest BCUT2D eigenvalue weighted by Gasteiger charge is 2.07. The van der Waals surface area contributed by atoms with Crippen LogP contribution >= 0.6 is 0 Å². The van der Waals surface area contributed by atoms with Crippen molar-refractivity contribution in [3.05, 3.63) is 17.8 Å². The zero-order valence-electron chi connectivity index (χ0n) is 10.2. The summed E-state index contributed by atoms with van der Waals surface area (Å²) in [5.41, 5.74) is 0. The molecule has 5 nitrogen and oxygen atoms in total. The average Bonchev–Trinajstić information content (AvgIpc) is 2.65. The van der Waals surface area contributed by atoms with E-state index < -0.39 is 0 Å². The molecule has 0 atom stereocenters. The minimum absolute atomic E-state index is 0.203. The van der Waals surface area contributed by atoms with Crippen molar-refractivity contribution in [1.82, 2.24) is 10.3 Å². The third-order valence-corrected chi connectivity index (χ3v) is 1.96. The van der Waals surface area contributed by atoms with E-state index in [-0.39, 0.29) is 6.29 Å². The van der Waals surface area contributed by atoms with Gasteiger partial charge in [-0.15, -0.1) is 0 Å². The largest absolute Gasteiger partial charge is 0.445 e. The van der Waals surface area contributed by atoms with Gasteiger partial charge in [0.2, 0.25) is 5.89 Å². The second-order valence-corrected chi connectivity index (χ2v) is 3.34. The van der Waals surface area contributed by atoms with Crippen LogP contribution in [0.5, 0.6) is 0 Å². The number of ether oxygens (including phenoxy) is 2. The van der Waals surface area contributed by atoms with Crippen molar-refractivity contribution in [3.63, 3.8) is 0 Å². The lowest BCUT2D eigenvalue weighted by atomic mass is 10.5. The predicted molar refractivity (Wildman–Crippen MR) is 60.0 cm³/mol. The number of aryl methyl sites for hydroxylation is 1. The first-order valence-corrected chi connectivity index (χ1v) is 5.61. The summed E-state index contributed by atoms with van der Waals surface area (Å²) >= 11 is 0. The van der Waals surface area contributed by atoms with Crippen LogP contribution in [0.4, 0.5) is 0 Å². The number of aromatic nitrogens is 1. The molecule has 92 valence electrons. The molecule has 0 amide bonds. The number of oxazole rings is 1. The van der Waals surface area contributed by atoms with Gasteiger partial charge in [0.25, 0.3) is 0 Å². The summed E-state index contributed by atoms with van der Waals surface area (Å²) < 4.78 is 16.1. The molecule has 0 unspecified atom stereocenters. The average molecular weight is 228 g/mol. The summed E-state index contributed by atoms with van der Waals surface area (Å²) in [6.45, 7) is 8.27. The fourth-order valence-electron chi connectivity index (χ4n) is 1.32. The van der Waals surface area contributed by atoms with Crippen LogP contribution in [0.1, 0.15) is 25.5 Å². The summed E-state index contributed by atoms with van der Waals surface area (Å²) in [6, 6.07) is 0. The van der Waals surface area contributed by atoms with Gasteiger partial charge in [-0.3, -0.25) is 0 Å². The molecule has 0 bridgehead atoms. The van der Waals surface area contributed by atoms with E-state index >= 15 is 0 Å². The van der Waals surface area contributed by atoms with Gasteiger partial charge in [0, 0.05) is 19.8 Å². The highest BCUT2D eigenvalue weighted by atomic mass is 16.7. The second-order valence-electron chi connectivity index (χ2n) is 3.34. The summed E-state index contributed by atoms with van der Waals surface area (Å²) in [5, 5.41) is 3.18. The molecular weight excluding hydrogens is 208 g/mol. The van der Waals surface area contributed by atoms with Gasteiger partial charge < -0.3 is 19.2 Å². The van der Waals surface area contributed by atoms with E-state index in [9.17, 15) is 0 Å². The normalized spacial score (nSPS) is 11.2.